The van der Waals surface area contributed by atoms with E-state index in [-0.39, 0.29) is 12.5 Å². The van der Waals surface area contributed by atoms with Gasteiger partial charge >= 0.3 is 0 Å². The first-order chi connectivity index (χ1) is 14.6. The van der Waals surface area contributed by atoms with E-state index < -0.39 is 0 Å². The van der Waals surface area contributed by atoms with Crippen molar-refractivity contribution in [1.82, 2.24) is 5.43 Å². The molecule has 0 radical (unpaired) electrons. The second kappa shape index (κ2) is 10.9. The Morgan fingerprint density at radius 3 is 2.50 bits per heavy atom. The van der Waals surface area contributed by atoms with E-state index >= 15 is 0 Å². The van der Waals surface area contributed by atoms with Crippen LogP contribution in [0.2, 0.25) is 5.02 Å². The predicted molar refractivity (Wildman–Crippen MR) is 116 cm³/mol. The molecule has 0 spiro atoms. The molecular formula is C23H21ClN2O4. The summed E-state index contributed by atoms with van der Waals surface area (Å²) in [6.07, 6.45) is 1.52. The van der Waals surface area contributed by atoms with Crippen LogP contribution in [0, 0.1) is 0 Å². The third-order valence-corrected chi connectivity index (χ3v) is 4.26. The van der Waals surface area contributed by atoms with E-state index in [1.165, 1.54) is 6.21 Å². The third kappa shape index (κ3) is 6.53. The minimum Gasteiger partial charge on any atom is -0.493 e. The van der Waals surface area contributed by atoms with Crippen molar-refractivity contribution in [3.05, 3.63) is 88.9 Å². The maximum Gasteiger partial charge on any atom is 0.277 e. The first-order valence-corrected chi connectivity index (χ1v) is 9.57. The minimum atomic E-state index is -0.379. The number of nitrogens with one attached hydrogen (secondary N) is 1. The van der Waals surface area contributed by atoms with Gasteiger partial charge in [0.2, 0.25) is 0 Å². The molecule has 0 aliphatic heterocycles. The van der Waals surface area contributed by atoms with Crippen molar-refractivity contribution in [2.75, 3.05) is 13.7 Å². The van der Waals surface area contributed by atoms with Crippen molar-refractivity contribution in [3.63, 3.8) is 0 Å². The Morgan fingerprint density at radius 2 is 1.77 bits per heavy atom. The molecular weight excluding hydrogens is 404 g/mol. The number of benzene rings is 3. The van der Waals surface area contributed by atoms with E-state index in [1.807, 2.05) is 36.4 Å². The van der Waals surface area contributed by atoms with Crippen molar-refractivity contribution >= 4 is 23.7 Å². The van der Waals surface area contributed by atoms with Crippen LogP contribution in [0.15, 0.2) is 77.9 Å². The van der Waals surface area contributed by atoms with Crippen LogP contribution in [0.3, 0.4) is 0 Å². The normalized spacial score (nSPS) is 10.6. The Labute approximate surface area is 180 Å². The highest BCUT2D eigenvalue weighted by atomic mass is 35.5. The summed E-state index contributed by atoms with van der Waals surface area (Å²) >= 11 is 5.81. The van der Waals surface area contributed by atoms with Crippen molar-refractivity contribution < 1.29 is 19.0 Å². The highest BCUT2D eigenvalue weighted by Gasteiger charge is 2.06. The highest BCUT2D eigenvalue weighted by molar-refractivity contribution is 6.30. The molecule has 0 aromatic heterocycles. The van der Waals surface area contributed by atoms with Crippen LogP contribution in [0.1, 0.15) is 11.1 Å². The lowest BCUT2D eigenvalue weighted by molar-refractivity contribution is -0.123. The molecule has 0 saturated heterocycles. The molecule has 6 nitrogen and oxygen atoms in total. The molecule has 0 unspecified atom stereocenters. The van der Waals surface area contributed by atoms with E-state index in [0.29, 0.717) is 28.9 Å². The standard InChI is InChI=1S/C23H21ClN2O4/c1-28-22-13-18(7-12-21(22)30-15-17-5-3-2-4-6-17)14-25-26-23(27)16-29-20-10-8-19(24)9-11-20/h2-14H,15-16H2,1H3,(H,26,27)/b25-14+. The van der Waals surface area contributed by atoms with Crippen LogP contribution in [-0.4, -0.2) is 25.8 Å². The molecule has 1 N–H and O–H groups in total. The molecule has 0 aliphatic carbocycles. The van der Waals surface area contributed by atoms with Crippen LogP contribution in [-0.2, 0) is 11.4 Å². The second-order valence-electron chi connectivity index (χ2n) is 6.22. The number of rotatable bonds is 9. The lowest BCUT2D eigenvalue weighted by Gasteiger charge is -2.11. The predicted octanol–water partition coefficient (Wildman–Crippen LogP) is 4.46. The second-order valence-corrected chi connectivity index (χ2v) is 6.66. The number of hydrazone groups is 1. The molecule has 30 heavy (non-hydrogen) atoms. The number of ether oxygens (including phenoxy) is 3. The summed E-state index contributed by atoms with van der Waals surface area (Å²) in [4.78, 5) is 11.9. The monoisotopic (exact) mass is 424 g/mol. The van der Waals surface area contributed by atoms with E-state index in [1.54, 1.807) is 43.5 Å². The van der Waals surface area contributed by atoms with Gasteiger partial charge in [-0.3, -0.25) is 4.79 Å². The van der Waals surface area contributed by atoms with Crippen LogP contribution in [0.5, 0.6) is 17.2 Å². The molecule has 3 rings (SSSR count). The van der Waals surface area contributed by atoms with Gasteiger partial charge in [-0.25, -0.2) is 5.43 Å². The molecule has 0 saturated carbocycles. The van der Waals surface area contributed by atoms with E-state index in [2.05, 4.69) is 10.5 Å². The van der Waals surface area contributed by atoms with Gasteiger partial charge in [-0.2, -0.15) is 5.10 Å². The number of methoxy groups -OCH3 is 1. The lowest BCUT2D eigenvalue weighted by atomic mass is 10.2. The van der Waals surface area contributed by atoms with Gasteiger partial charge < -0.3 is 14.2 Å². The van der Waals surface area contributed by atoms with E-state index in [0.717, 1.165) is 11.1 Å². The van der Waals surface area contributed by atoms with Crippen molar-refractivity contribution in [1.29, 1.82) is 0 Å². The lowest BCUT2D eigenvalue weighted by Crippen LogP contribution is -2.24. The summed E-state index contributed by atoms with van der Waals surface area (Å²) in [5.41, 5.74) is 4.23. The molecule has 3 aromatic rings. The molecule has 154 valence electrons. The zero-order chi connectivity index (χ0) is 21.2. The van der Waals surface area contributed by atoms with Gasteiger partial charge in [-0.15, -0.1) is 0 Å². The molecule has 0 fully saturated rings. The first-order valence-electron chi connectivity index (χ1n) is 9.19. The average molecular weight is 425 g/mol. The Hall–Kier alpha value is -3.51. The first kappa shape index (κ1) is 21.2. The molecule has 0 atom stereocenters. The maximum absolute atomic E-state index is 11.9. The van der Waals surface area contributed by atoms with Gasteiger partial charge in [0.15, 0.2) is 18.1 Å². The molecule has 1 amide bonds. The summed E-state index contributed by atoms with van der Waals surface area (Å²) in [6, 6.07) is 22.0. The largest absolute Gasteiger partial charge is 0.493 e. The molecule has 0 bridgehead atoms. The number of carbonyl (C=O) groups excluding carboxylic acids is 1. The molecule has 0 heterocycles. The number of amides is 1. The fourth-order valence-electron chi connectivity index (χ4n) is 2.51. The van der Waals surface area contributed by atoms with Gasteiger partial charge in [0.05, 0.1) is 13.3 Å². The van der Waals surface area contributed by atoms with Crippen molar-refractivity contribution in [2.24, 2.45) is 5.10 Å². The summed E-state index contributed by atoms with van der Waals surface area (Å²) in [5, 5.41) is 4.54. The van der Waals surface area contributed by atoms with Gasteiger partial charge in [-0.1, -0.05) is 41.9 Å². The summed E-state index contributed by atoms with van der Waals surface area (Å²) in [7, 11) is 1.57. The summed E-state index contributed by atoms with van der Waals surface area (Å²) in [6.45, 7) is 0.281. The fourth-order valence-corrected chi connectivity index (χ4v) is 2.64. The summed E-state index contributed by atoms with van der Waals surface area (Å²) in [5.74, 6) is 1.37. The number of hydrogen-bond acceptors (Lipinski definition) is 5. The summed E-state index contributed by atoms with van der Waals surface area (Å²) < 4.78 is 16.6. The fraction of sp³-hybridized carbons (Fsp3) is 0.130. The van der Waals surface area contributed by atoms with Gasteiger partial charge in [0, 0.05) is 5.02 Å². The number of carbonyl (C=O) groups is 1. The SMILES string of the molecule is COc1cc(/C=N/NC(=O)COc2ccc(Cl)cc2)ccc1OCc1ccccc1. The molecule has 0 aliphatic rings. The Kier molecular flexibility index (Phi) is 7.69. The zero-order valence-corrected chi connectivity index (χ0v) is 17.1. The van der Waals surface area contributed by atoms with Crippen molar-refractivity contribution in [2.45, 2.75) is 6.61 Å². The Balaban J connectivity index is 1.50. The maximum atomic E-state index is 11.9. The zero-order valence-electron chi connectivity index (χ0n) is 16.4. The molecule has 7 heteroatoms. The van der Waals surface area contributed by atoms with Crippen LogP contribution >= 0.6 is 11.6 Å². The van der Waals surface area contributed by atoms with Crippen LogP contribution in [0.4, 0.5) is 0 Å². The number of nitrogens with zero attached hydrogens (tertiary/aromatic N) is 1. The Morgan fingerprint density at radius 1 is 1.00 bits per heavy atom. The quantitative estimate of drug-likeness (QED) is 0.407. The Bertz CT molecular complexity index is 992. The number of halogens is 1. The van der Waals surface area contributed by atoms with Crippen LogP contribution in [0.25, 0.3) is 0 Å². The van der Waals surface area contributed by atoms with E-state index in [9.17, 15) is 4.79 Å². The van der Waals surface area contributed by atoms with Crippen molar-refractivity contribution in [3.8, 4) is 17.2 Å². The highest BCUT2D eigenvalue weighted by Crippen LogP contribution is 2.28. The topological polar surface area (TPSA) is 69.2 Å². The van der Waals surface area contributed by atoms with Gasteiger partial charge in [0.1, 0.15) is 12.4 Å². The smallest absolute Gasteiger partial charge is 0.277 e. The van der Waals surface area contributed by atoms with Gasteiger partial charge in [0.25, 0.3) is 5.91 Å². The minimum absolute atomic E-state index is 0.158. The number of hydrogen-bond donors (Lipinski definition) is 1. The van der Waals surface area contributed by atoms with Gasteiger partial charge in [-0.05, 0) is 53.6 Å². The van der Waals surface area contributed by atoms with E-state index in [4.69, 9.17) is 25.8 Å². The average Bonchev–Trinajstić information content (AvgIpc) is 2.78. The molecule has 3 aromatic carbocycles. The van der Waals surface area contributed by atoms with Crippen LogP contribution < -0.4 is 19.6 Å². The third-order valence-electron chi connectivity index (χ3n) is 4.01.